The number of nitro groups is 1. The number of nitrogens with zero attached hydrogens (tertiary/aromatic N) is 3. The number of halogens is 1. The number of thioether (sulfide) groups is 1. The lowest BCUT2D eigenvalue weighted by Crippen LogP contribution is -2.19. The molecule has 1 aliphatic rings. The maximum atomic E-state index is 13.0. The number of nitro benzene ring substituents is 1. The zero-order chi connectivity index (χ0) is 18.5. The van der Waals surface area contributed by atoms with Gasteiger partial charge in [0.25, 0.3) is 5.69 Å². The second-order valence-electron chi connectivity index (χ2n) is 5.02. The van der Waals surface area contributed by atoms with E-state index in [1.807, 2.05) is 0 Å². The molecule has 1 fully saturated rings. The molecule has 7 nitrogen and oxygen atoms in total. The molecule has 0 saturated carbocycles. The first-order valence-corrected chi connectivity index (χ1v) is 9.07. The minimum atomic E-state index is -0.497. The van der Waals surface area contributed by atoms with E-state index in [-0.39, 0.29) is 23.2 Å². The third kappa shape index (κ3) is 4.67. The number of benzene rings is 2. The molecule has 26 heavy (non-hydrogen) atoms. The fourth-order valence-electron chi connectivity index (χ4n) is 2.00. The Hall–Kier alpha value is -2.72. The Balaban J connectivity index is 1.87. The van der Waals surface area contributed by atoms with E-state index in [9.17, 15) is 19.3 Å². The summed E-state index contributed by atoms with van der Waals surface area (Å²) < 4.78 is 13.0. The van der Waals surface area contributed by atoms with Crippen LogP contribution in [0.2, 0.25) is 0 Å². The van der Waals surface area contributed by atoms with Crippen molar-refractivity contribution in [3.8, 4) is 0 Å². The summed E-state index contributed by atoms with van der Waals surface area (Å²) in [5.74, 6) is -0.199. The number of rotatable bonds is 5. The van der Waals surface area contributed by atoms with Crippen LogP contribution in [0.4, 0.5) is 10.1 Å². The van der Waals surface area contributed by atoms with Crippen LogP contribution in [0.1, 0.15) is 5.56 Å². The molecule has 0 atom stereocenters. The normalized spacial score (nSPS) is 15.6. The number of carbonyl (C=O) groups is 1. The van der Waals surface area contributed by atoms with Crippen LogP contribution in [0.5, 0.6) is 0 Å². The van der Waals surface area contributed by atoms with Crippen LogP contribution in [0, 0.1) is 15.9 Å². The monoisotopic (exact) mass is 390 g/mol. The average molecular weight is 390 g/mol. The van der Waals surface area contributed by atoms with E-state index in [4.69, 9.17) is 0 Å². The molecule has 0 radical (unpaired) electrons. The Kier molecular flexibility index (Phi) is 5.64. The van der Waals surface area contributed by atoms with Crippen molar-refractivity contribution in [2.45, 2.75) is 9.79 Å². The number of amides is 1. The minimum Gasteiger partial charge on any atom is -0.303 e. The summed E-state index contributed by atoms with van der Waals surface area (Å²) in [6, 6.07) is 10.3. The molecule has 0 bridgehead atoms. The molecule has 132 valence electrons. The first-order valence-electron chi connectivity index (χ1n) is 7.27. The van der Waals surface area contributed by atoms with Gasteiger partial charge in [-0.05, 0) is 30.3 Å². The van der Waals surface area contributed by atoms with Gasteiger partial charge in [0.1, 0.15) is 5.82 Å². The quantitative estimate of drug-likeness (QED) is 0.479. The summed E-state index contributed by atoms with van der Waals surface area (Å²) >= 11 is 2.55. The van der Waals surface area contributed by atoms with E-state index in [1.165, 1.54) is 54.0 Å². The first-order chi connectivity index (χ1) is 12.5. The molecule has 1 heterocycles. The first kappa shape index (κ1) is 18.1. The third-order valence-electron chi connectivity index (χ3n) is 3.18. The van der Waals surface area contributed by atoms with Gasteiger partial charge in [0.05, 0.1) is 16.9 Å². The predicted molar refractivity (Wildman–Crippen MR) is 99.2 cm³/mol. The lowest BCUT2D eigenvalue weighted by atomic mass is 10.2. The summed E-state index contributed by atoms with van der Waals surface area (Å²) in [7, 11) is 0. The van der Waals surface area contributed by atoms with E-state index in [1.54, 1.807) is 18.2 Å². The molecule has 2 aromatic rings. The predicted octanol–water partition coefficient (Wildman–Crippen LogP) is 3.44. The molecule has 0 aliphatic carbocycles. The van der Waals surface area contributed by atoms with Crippen LogP contribution in [-0.2, 0) is 4.79 Å². The van der Waals surface area contributed by atoms with Crippen LogP contribution in [0.15, 0.2) is 62.5 Å². The lowest BCUT2D eigenvalue weighted by Gasteiger charge is -2.05. The number of non-ortho nitro benzene ring substituents is 1. The maximum absolute atomic E-state index is 13.0. The van der Waals surface area contributed by atoms with Gasteiger partial charge in [-0.3, -0.25) is 14.9 Å². The maximum Gasteiger partial charge on any atom is 0.270 e. The van der Waals surface area contributed by atoms with Gasteiger partial charge in [-0.2, -0.15) is 5.10 Å². The number of hydrogen-bond acceptors (Lipinski definition) is 7. The largest absolute Gasteiger partial charge is 0.303 e. The zero-order valence-electron chi connectivity index (χ0n) is 13.1. The van der Waals surface area contributed by atoms with Gasteiger partial charge in [-0.15, -0.1) is 5.10 Å². The topological polar surface area (TPSA) is 97.0 Å². The van der Waals surface area contributed by atoms with E-state index < -0.39 is 4.92 Å². The number of amidine groups is 1. The Bertz CT molecular complexity index is 916. The summed E-state index contributed by atoms with van der Waals surface area (Å²) in [5, 5.41) is 21.7. The lowest BCUT2D eigenvalue weighted by molar-refractivity contribution is -0.384. The highest BCUT2D eigenvalue weighted by Gasteiger charge is 2.16. The van der Waals surface area contributed by atoms with Gasteiger partial charge in [0.2, 0.25) is 5.91 Å². The van der Waals surface area contributed by atoms with Gasteiger partial charge in [-0.25, -0.2) is 4.39 Å². The van der Waals surface area contributed by atoms with Crippen molar-refractivity contribution in [3.63, 3.8) is 0 Å². The van der Waals surface area contributed by atoms with Crippen LogP contribution in [-0.4, -0.2) is 28.0 Å². The van der Waals surface area contributed by atoms with E-state index in [2.05, 4.69) is 15.5 Å². The fourth-order valence-corrected chi connectivity index (χ4v) is 3.52. The number of carbonyl (C=O) groups excluding carboxylic acids is 1. The Morgan fingerprint density at radius 3 is 2.69 bits per heavy atom. The van der Waals surface area contributed by atoms with Crippen molar-refractivity contribution < 1.29 is 14.1 Å². The number of nitrogens with one attached hydrogen (secondary N) is 1. The van der Waals surface area contributed by atoms with Crippen LogP contribution < -0.4 is 5.32 Å². The molecule has 0 spiro atoms. The summed E-state index contributed by atoms with van der Waals surface area (Å²) in [6.45, 7) is 0. The summed E-state index contributed by atoms with van der Waals surface area (Å²) in [5.41, 5.74) is 0.415. The molecule has 0 aromatic heterocycles. The zero-order valence-corrected chi connectivity index (χ0v) is 14.7. The molecule has 1 amide bonds. The van der Waals surface area contributed by atoms with Gasteiger partial charge < -0.3 is 5.32 Å². The molecular formula is C16H11FN4O3S2. The molecule has 2 aromatic carbocycles. The molecule has 3 rings (SSSR count). The highest BCUT2D eigenvalue weighted by molar-refractivity contribution is 8.15. The van der Waals surface area contributed by atoms with Gasteiger partial charge in [0.15, 0.2) is 5.17 Å². The molecule has 1 N–H and O–H groups in total. The fraction of sp³-hybridized carbons (Fsp3) is 0.0625. The third-order valence-corrected chi connectivity index (χ3v) is 5.14. The average Bonchev–Trinajstić information content (AvgIpc) is 3.03. The van der Waals surface area contributed by atoms with Crippen molar-refractivity contribution in [2.24, 2.45) is 10.2 Å². The van der Waals surface area contributed by atoms with Crippen LogP contribution in [0.25, 0.3) is 0 Å². The molecule has 1 saturated heterocycles. The standard InChI is InChI=1S/C16H11FN4O3S2/c17-11-1-4-13(5-2-11)26-14-6-3-12(21(23)24)7-10(14)8-18-20-16-19-15(22)9-25-16/h1-8H,9H2,(H,19,20,22). The second kappa shape index (κ2) is 8.11. The Morgan fingerprint density at radius 2 is 2.04 bits per heavy atom. The van der Waals surface area contributed by atoms with Crippen molar-refractivity contribution in [1.82, 2.24) is 5.32 Å². The van der Waals surface area contributed by atoms with E-state index in [0.29, 0.717) is 15.6 Å². The minimum absolute atomic E-state index is 0.0777. The van der Waals surface area contributed by atoms with Gasteiger partial charge >= 0.3 is 0 Å². The summed E-state index contributed by atoms with van der Waals surface area (Å²) in [4.78, 5) is 23.1. The molecular weight excluding hydrogens is 379 g/mol. The summed E-state index contributed by atoms with van der Waals surface area (Å²) in [6.07, 6.45) is 1.39. The molecule has 1 aliphatic heterocycles. The van der Waals surface area contributed by atoms with Gasteiger partial charge in [0, 0.05) is 27.5 Å². The highest BCUT2D eigenvalue weighted by Crippen LogP contribution is 2.32. The highest BCUT2D eigenvalue weighted by atomic mass is 32.2. The van der Waals surface area contributed by atoms with Crippen molar-refractivity contribution in [1.29, 1.82) is 0 Å². The smallest absolute Gasteiger partial charge is 0.270 e. The van der Waals surface area contributed by atoms with E-state index in [0.717, 1.165) is 4.90 Å². The van der Waals surface area contributed by atoms with Crippen molar-refractivity contribution in [2.75, 3.05) is 5.75 Å². The van der Waals surface area contributed by atoms with Crippen LogP contribution >= 0.6 is 23.5 Å². The molecule has 0 unspecified atom stereocenters. The number of hydrogen-bond donors (Lipinski definition) is 1. The Morgan fingerprint density at radius 1 is 1.27 bits per heavy atom. The SMILES string of the molecule is O=C1CSC(=NN=Cc2cc([N+](=O)[O-])ccc2Sc2ccc(F)cc2)N1. The second-order valence-corrected chi connectivity index (χ2v) is 7.10. The van der Waals surface area contributed by atoms with E-state index >= 15 is 0 Å². The van der Waals surface area contributed by atoms with Gasteiger partial charge in [-0.1, -0.05) is 23.5 Å². The Labute approximate surface area is 155 Å². The van der Waals surface area contributed by atoms with Crippen molar-refractivity contribution >= 4 is 46.5 Å². The van der Waals surface area contributed by atoms with Crippen molar-refractivity contribution in [3.05, 3.63) is 64.0 Å². The molecule has 10 heteroatoms. The van der Waals surface area contributed by atoms with Crippen LogP contribution in [0.3, 0.4) is 0 Å².